The number of nitrogens with zero attached hydrogens (tertiary/aromatic N) is 3. The molecule has 0 saturated carbocycles. The maximum Gasteiger partial charge on any atom is 0.253 e. The van der Waals surface area contributed by atoms with E-state index in [9.17, 15) is 9.59 Å². The van der Waals surface area contributed by atoms with Crippen LogP contribution in [-0.2, 0) is 4.79 Å². The van der Waals surface area contributed by atoms with Crippen molar-refractivity contribution < 1.29 is 9.59 Å². The molecule has 2 rings (SSSR count). The van der Waals surface area contributed by atoms with E-state index >= 15 is 0 Å². The average Bonchev–Trinajstić information content (AvgIpc) is 2.45. The van der Waals surface area contributed by atoms with Crippen LogP contribution in [0, 0.1) is 17.2 Å². The van der Waals surface area contributed by atoms with E-state index in [2.05, 4.69) is 11.4 Å². The zero-order valence-electron chi connectivity index (χ0n) is 12.4. The number of carbonyl (C=O) groups excluding carboxylic acids is 2. The molecule has 0 fully saturated rings. The predicted octanol–water partition coefficient (Wildman–Crippen LogP) is 1.31. The van der Waals surface area contributed by atoms with Gasteiger partial charge in [0.05, 0.1) is 29.9 Å². The largest absolute Gasteiger partial charge is 0.364 e. The van der Waals surface area contributed by atoms with Gasteiger partial charge in [0.15, 0.2) is 0 Å². The number of benzene rings is 1. The minimum absolute atomic E-state index is 0.0962. The summed E-state index contributed by atoms with van der Waals surface area (Å²) in [5.41, 5.74) is 2.03. The number of likely N-dealkylation sites (N-methyl/N-ethyl adjacent to an activating group) is 1. The Bertz CT molecular complexity index is 621. The highest BCUT2D eigenvalue weighted by Gasteiger charge is 2.21. The Kier molecular flexibility index (Phi) is 4.13. The van der Waals surface area contributed by atoms with Crippen molar-refractivity contribution in [1.82, 2.24) is 4.90 Å². The summed E-state index contributed by atoms with van der Waals surface area (Å²) in [6.45, 7) is 2.45. The summed E-state index contributed by atoms with van der Waals surface area (Å²) in [6.07, 6.45) is 0. The van der Waals surface area contributed by atoms with Gasteiger partial charge in [0.2, 0.25) is 5.91 Å². The number of anilines is 2. The number of carbonyl (C=O) groups is 2. The minimum Gasteiger partial charge on any atom is -0.364 e. The van der Waals surface area contributed by atoms with Gasteiger partial charge in [0.1, 0.15) is 0 Å². The molecule has 0 aromatic heterocycles. The molecule has 1 aromatic carbocycles. The van der Waals surface area contributed by atoms with Gasteiger partial charge in [-0.2, -0.15) is 5.26 Å². The fourth-order valence-electron chi connectivity index (χ4n) is 2.35. The molecule has 1 aromatic rings. The van der Waals surface area contributed by atoms with Crippen molar-refractivity contribution in [2.75, 3.05) is 37.4 Å². The molecule has 6 nitrogen and oxygen atoms in total. The Labute approximate surface area is 123 Å². The van der Waals surface area contributed by atoms with Crippen molar-refractivity contribution >= 4 is 23.2 Å². The number of hydrogen-bond acceptors (Lipinski definition) is 4. The third kappa shape index (κ3) is 3.14. The summed E-state index contributed by atoms with van der Waals surface area (Å²) >= 11 is 0. The van der Waals surface area contributed by atoms with Crippen LogP contribution >= 0.6 is 0 Å². The molecular weight excluding hydrogens is 268 g/mol. The summed E-state index contributed by atoms with van der Waals surface area (Å²) in [7, 11) is 3.50. The summed E-state index contributed by atoms with van der Waals surface area (Å²) in [6, 6.07) is 7.35. The zero-order chi connectivity index (χ0) is 15.6. The monoisotopic (exact) mass is 286 g/mol. The molecule has 110 valence electrons. The minimum atomic E-state index is -0.220. The first-order valence-electron chi connectivity index (χ1n) is 6.72. The van der Waals surface area contributed by atoms with E-state index in [0.717, 1.165) is 5.69 Å². The van der Waals surface area contributed by atoms with Crippen LogP contribution in [0.25, 0.3) is 0 Å². The first-order valence-corrected chi connectivity index (χ1v) is 6.72. The normalized spacial score (nSPS) is 14.8. The Balaban J connectivity index is 2.22. The van der Waals surface area contributed by atoms with Gasteiger partial charge in [-0.1, -0.05) is 0 Å². The summed E-state index contributed by atoms with van der Waals surface area (Å²) in [5, 5.41) is 11.6. The highest BCUT2D eigenvalue weighted by Crippen LogP contribution is 2.29. The Morgan fingerprint density at radius 2 is 2.29 bits per heavy atom. The van der Waals surface area contributed by atoms with Crippen molar-refractivity contribution in [2.24, 2.45) is 5.92 Å². The fraction of sp³-hybridized carbons (Fsp3) is 0.400. The predicted molar refractivity (Wildman–Crippen MR) is 80.1 cm³/mol. The van der Waals surface area contributed by atoms with E-state index < -0.39 is 0 Å². The van der Waals surface area contributed by atoms with Crippen molar-refractivity contribution in [2.45, 2.75) is 6.92 Å². The smallest absolute Gasteiger partial charge is 0.253 e. The summed E-state index contributed by atoms with van der Waals surface area (Å²) in [5.74, 6) is -0.481. The molecule has 2 amide bonds. The SMILES string of the molecule is C[C@H](C#N)CN(C)C(=O)c1ccc2c(c1)NC(=O)CN2C. The van der Waals surface area contributed by atoms with Gasteiger partial charge in [-0.15, -0.1) is 0 Å². The summed E-state index contributed by atoms with van der Waals surface area (Å²) in [4.78, 5) is 27.2. The molecule has 0 aliphatic carbocycles. The van der Waals surface area contributed by atoms with E-state index in [1.165, 1.54) is 4.90 Å². The third-order valence-electron chi connectivity index (χ3n) is 3.42. The third-order valence-corrected chi connectivity index (χ3v) is 3.42. The van der Waals surface area contributed by atoms with E-state index in [0.29, 0.717) is 24.3 Å². The molecule has 0 unspecified atom stereocenters. The fourth-order valence-corrected chi connectivity index (χ4v) is 2.35. The van der Waals surface area contributed by atoms with E-state index in [1.807, 2.05) is 18.0 Å². The number of nitrogens with one attached hydrogen (secondary N) is 1. The highest BCUT2D eigenvalue weighted by molar-refractivity contribution is 6.03. The van der Waals surface area contributed by atoms with Crippen LogP contribution in [0.2, 0.25) is 0 Å². The van der Waals surface area contributed by atoms with E-state index in [1.54, 1.807) is 26.1 Å². The molecule has 1 aliphatic rings. The van der Waals surface area contributed by atoms with Gasteiger partial charge in [0, 0.05) is 26.2 Å². The summed E-state index contributed by atoms with van der Waals surface area (Å²) < 4.78 is 0. The maximum absolute atomic E-state index is 12.3. The molecule has 21 heavy (non-hydrogen) atoms. The van der Waals surface area contributed by atoms with Crippen LogP contribution in [0.1, 0.15) is 17.3 Å². The Morgan fingerprint density at radius 3 is 2.95 bits per heavy atom. The molecule has 1 heterocycles. The molecule has 1 aliphatic heterocycles. The van der Waals surface area contributed by atoms with Crippen molar-refractivity contribution in [1.29, 1.82) is 5.26 Å². The quantitative estimate of drug-likeness (QED) is 0.909. The number of hydrogen-bond donors (Lipinski definition) is 1. The van der Waals surface area contributed by atoms with Crippen molar-refractivity contribution in [3.05, 3.63) is 23.8 Å². The van der Waals surface area contributed by atoms with Gasteiger partial charge in [0.25, 0.3) is 5.91 Å². The highest BCUT2D eigenvalue weighted by atomic mass is 16.2. The molecule has 6 heteroatoms. The van der Waals surface area contributed by atoms with Crippen LogP contribution in [0.3, 0.4) is 0 Å². The standard InChI is InChI=1S/C15H18N4O2/c1-10(7-16)8-19(3)15(21)11-4-5-13-12(6-11)17-14(20)9-18(13)2/h4-6,10H,8-9H2,1-3H3,(H,17,20)/t10-/m1/s1. The number of fused-ring (bicyclic) bond motifs is 1. The average molecular weight is 286 g/mol. The maximum atomic E-state index is 12.3. The van der Waals surface area contributed by atoms with Crippen LogP contribution in [-0.4, -0.2) is 43.9 Å². The van der Waals surface area contributed by atoms with Gasteiger partial charge >= 0.3 is 0 Å². The lowest BCUT2D eigenvalue weighted by Gasteiger charge is -2.28. The Morgan fingerprint density at radius 1 is 1.57 bits per heavy atom. The number of nitriles is 1. The van der Waals surface area contributed by atoms with Crippen LogP contribution < -0.4 is 10.2 Å². The number of rotatable bonds is 3. The second-order valence-corrected chi connectivity index (χ2v) is 5.35. The lowest BCUT2D eigenvalue weighted by molar-refractivity contribution is -0.115. The molecule has 0 radical (unpaired) electrons. The van der Waals surface area contributed by atoms with Gasteiger partial charge in [-0.3, -0.25) is 9.59 Å². The van der Waals surface area contributed by atoms with Gasteiger partial charge in [-0.25, -0.2) is 0 Å². The molecule has 0 saturated heterocycles. The lowest BCUT2D eigenvalue weighted by atomic mass is 10.1. The van der Waals surface area contributed by atoms with Gasteiger partial charge in [-0.05, 0) is 25.1 Å². The topological polar surface area (TPSA) is 76.4 Å². The first-order chi connectivity index (χ1) is 9.92. The first kappa shape index (κ1) is 14.9. The second-order valence-electron chi connectivity index (χ2n) is 5.35. The van der Waals surface area contributed by atoms with Crippen LogP contribution in [0.4, 0.5) is 11.4 Å². The molecular formula is C15H18N4O2. The lowest BCUT2D eigenvalue weighted by Crippen LogP contribution is -2.36. The number of amides is 2. The molecule has 1 atom stereocenters. The zero-order valence-corrected chi connectivity index (χ0v) is 12.4. The van der Waals surface area contributed by atoms with E-state index in [-0.39, 0.29) is 17.7 Å². The van der Waals surface area contributed by atoms with Gasteiger partial charge < -0.3 is 15.1 Å². The van der Waals surface area contributed by atoms with Crippen LogP contribution in [0.15, 0.2) is 18.2 Å². The molecule has 0 bridgehead atoms. The van der Waals surface area contributed by atoms with E-state index in [4.69, 9.17) is 5.26 Å². The van der Waals surface area contributed by atoms with Crippen LogP contribution in [0.5, 0.6) is 0 Å². The van der Waals surface area contributed by atoms with Crippen molar-refractivity contribution in [3.8, 4) is 6.07 Å². The molecule has 0 spiro atoms. The Hall–Kier alpha value is -2.55. The second kappa shape index (κ2) is 5.83. The van der Waals surface area contributed by atoms with Crippen molar-refractivity contribution in [3.63, 3.8) is 0 Å². The molecule has 1 N–H and O–H groups in total.